The number of carbonyl (C=O) groups excluding carboxylic acids is 2. The molecule has 0 atom stereocenters. The van der Waals surface area contributed by atoms with Crippen LogP contribution in [0.3, 0.4) is 0 Å². The number of hydrogen-bond donors (Lipinski definition) is 0. The van der Waals surface area contributed by atoms with Crippen LogP contribution in [-0.4, -0.2) is 27.0 Å². The molecule has 2 heterocycles. The number of carbonyl (C=O) groups is 2. The third-order valence-corrected chi connectivity index (χ3v) is 2.56. The highest BCUT2D eigenvalue weighted by atomic mass is 16.6. The minimum Gasteiger partial charge on any atom is -0.443 e. The van der Waals surface area contributed by atoms with E-state index in [2.05, 4.69) is 4.98 Å². The molecule has 0 unspecified atom stereocenters. The Morgan fingerprint density at radius 3 is 2.53 bits per heavy atom. The van der Waals surface area contributed by atoms with Crippen molar-refractivity contribution in [1.82, 2.24) is 9.55 Å². The van der Waals surface area contributed by atoms with E-state index in [0.29, 0.717) is 16.6 Å². The van der Waals surface area contributed by atoms with Crippen LogP contribution in [-0.2, 0) is 4.74 Å². The molecular weight excluding hydrogens is 244 g/mol. The highest BCUT2D eigenvalue weighted by Crippen LogP contribution is 2.20. The predicted molar refractivity (Wildman–Crippen MR) is 71.4 cm³/mol. The monoisotopic (exact) mass is 260 g/mol. The molecule has 0 N–H and O–H groups in total. The average molecular weight is 260 g/mol. The minimum absolute atomic E-state index is 0.0608. The van der Waals surface area contributed by atoms with Crippen molar-refractivity contribution in [1.29, 1.82) is 0 Å². The molecule has 19 heavy (non-hydrogen) atoms. The summed E-state index contributed by atoms with van der Waals surface area (Å²) in [5.41, 5.74) is 0.403. The Kier molecular flexibility index (Phi) is 3.14. The first-order chi connectivity index (χ1) is 8.79. The molecule has 0 aromatic carbocycles. The molecule has 0 saturated heterocycles. The van der Waals surface area contributed by atoms with E-state index in [1.165, 1.54) is 17.7 Å². The maximum Gasteiger partial charge on any atom is 0.420 e. The van der Waals surface area contributed by atoms with Crippen LogP contribution in [0, 0.1) is 0 Å². The van der Waals surface area contributed by atoms with Gasteiger partial charge < -0.3 is 4.74 Å². The molecule has 2 rings (SSSR count). The standard InChI is InChI=1S/C14H16N2O3/c1-9(17)10-5-7-15-12-11(10)6-8-16(12)13(18)19-14(2,3)4/h5-8H,1-4H3. The first-order valence-corrected chi connectivity index (χ1v) is 6.00. The van der Waals surface area contributed by atoms with Crippen molar-refractivity contribution in [2.75, 3.05) is 0 Å². The quantitative estimate of drug-likeness (QED) is 0.739. The molecule has 0 bridgehead atoms. The van der Waals surface area contributed by atoms with Gasteiger partial charge in [0, 0.05) is 23.3 Å². The van der Waals surface area contributed by atoms with Crippen molar-refractivity contribution in [2.45, 2.75) is 33.3 Å². The zero-order chi connectivity index (χ0) is 14.2. The molecule has 0 aliphatic carbocycles. The zero-order valence-corrected chi connectivity index (χ0v) is 11.4. The van der Waals surface area contributed by atoms with Crippen LogP contribution in [0.1, 0.15) is 38.1 Å². The van der Waals surface area contributed by atoms with Crippen LogP contribution in [0.25, 0.3) is 11.0 Å². The molecule has 5 nitrogen and oxygen atoms in total. The van der Waals surface area contributed by atoms with Gasteiger partial charge in [-0.15, -0.1) is 0 Å². The van der Waals surface area contributed by atoms with E-state index in [1.807, 2.05) is 0 Å². The molecule has 0 saturated carbocycles. The molecule has 0 spiro atoms. The molecule has 2 aromatic rings. The number of rotatable bonds is 1. The first kappa shape index (κ1) is 13.3. The van der Waals surface area contributed by atoms with Crippen LogP contribution in [0.5, 0.6) is 0 Å². The molecule has 2 aromatic heterocycles. The van der Waals surface area contributed by atoms with Crippen LogP contribution < -0.4 is 0 Å². The summed E-state index contributed by atoms with van der Waals surface area (Å²) in [6, 6.07) is 3.34. The Labute approximate surface area is 111 Å². The van der Waals surface area contributed by atoms with Gasteiger partial charge >= 0.3 is 6.09 Å². The largest absolute Gasteiger partial charge is 0.443 e. The topological polar surface area (TPSA) is 61.2 Å². The first-order valence-electron chi connectivity index (χ1n) is 6.00. The van der Waals surface area contributed by atoms with Gasteiger partial charge in [-0.25, -0.2) is 14.3 Å². The fourth-order valence-electron chi connectivity index (χ4n) is 1.80. The lowest BCUT2D eigenvalue weighted by atomic mass is 10.1. The molecular formula is C14H16N2O3. The van der Waals surface area contributed by atoms with Gasteiger partial charge in [0.2, 0.25) is 0 Å². The number of nitrogens with zero attached hydrogens (tertiary/aromatic N) is 2. The lowest BCUT2D eigenvalue weighted by Crippen LogP contribution is -2.26. The Morgan fingerprint density at radius 1 is 1.26 bits per heavy atom. The SMILES string of the molecule is CC(=O)c1ccnc2c1ccn2C(=O)OC(C)(C)C. The van der Waals surface area contributed by atoms with E-state index < -0.39 is 11.7 Å². The number of hydrogen-bond acceptors (Lipinski definition) is 4. The summed E-state index contributed by atoms with van der Waals surface area (Å²) in [5.74, 6) is -0.0608. The predicted octanol–water partition coefficient (Wildman–Crippen LogP) is 3.02. The van der Waals surface area contributed by atoms with Gasteiger partial charge in [-0.05, 0) is 39.8 Å². The second kappa shape index (κ2) is 4.50. The van der Waals surface area contributed by atoms with E-state index in [4.69, 9.17) is 4.74 Å². The third kappa shape index (κ3) is 2.65. The van der Waals surface area contributed by atoms with Crippen LogP contribution in [0.15, 0.2) is 24.5 Å². The third-order valence-electron chi connectivity index (χ3n) is 2.56. The molecule has 0 aliphatic rings. The van der Waals surface area contributed by atoms with Crippen molar-refractivity contribution >= 4 is 22.9 Å². The smallest absolute Gasteiger partial charge is 0.420 e. The number of pyridine rings is 1. The highest BCUT2D eigenvalue weighted by molar-refractivity contribution is 6.06. The maximum absolute atomic E-state index is 12.0. The molecule has 100 valence electrons. The number of aromatic nitrogens is 2. The summed E-state index contributed by atoms with van der Waals surface area (Å²) in [6.07, 6.45) is 2.58. The van der Waals surface area contributed by atoms with E-state index in [-0.39, 0.29) is 5.78 Å². The van der Waals surface area contributed by atoms with Gasteiger partial charge in [-0.1, -0.05) is 0 Å². The summed E-state index contributed by atoms with van der Waals surface area (Å²) in [5, 5.41) is 0.654. The van der Waals surface area contributed by atoms with E-state index >= 15 is 0 Å². The highest BCUT2D eigenvalue weighted by Gasteiger charge is 2.20. The zero-order valence-electron chi connectivity index (χ0n) is 11.4. The van der Waals surface area contributed by atoms with Crippen molar-refractivity contribution in [3.8, 4) is 0 Å². The van der Waals surface area contributed by atoms with Gasteiger partial charge in [0.05, 0.1) is 0 Å². The molecule has 0 fully saturated rings. The van der Waals surface area contributed by atoms with Gasteiger partial charge in [0.1, 0.15) is 11.2 Å². The summed E-state index contributed by atoms with van der Waals surface area (Å²) in [7, 11) is 0. The Balaban J connectivity index is 2.50. The number of Topliss-reactive ketones (excluding diaryl/α,β-unsaturated/α-hetero) is 1. The summed E-state index contributed by atoms with van der Waals surface area (Å²) < 4.78 is 6.60. The van der Waals surface area contributed by atoms with E-state index in [9.17, 15) is 9.59 Å². The Bertz CT molecular complexity index is 650. The number of ketones is 1. The van der Waals surface area contributed by atoms with Crippen LogP contribution in [0.4, 0.5) is 4.79 Å². The molecule has 5 heteroatoms. The molecule has 0 aliphatic heterocycles. The summed E-state index contributed by atoms with van der Waals surface area (Å²) in [6.45, 7) is 6.88. The van der Waals surface area contributed by atoms with Gasteiger partial charge in [0.15, 0.2) is 5.78 Å². The van der Waals surface area contributed by atoms with Crippen molar-refractivity contribution in [3.63, 3.8) is 0 Å². The fraction of sp³-hybridized carbons (Fsp3) is 0.357. The minimum atomic E-state index is -0.578. The van der Waals surface area contributed by atoms with E-state index in [1.54, 1.807) is 39.1 Å². The second-order valence-corrected chi connectivity index (χ2v) is 5.32. The average Bonchev–Trinajstić information content (AvgIpc) is 2.69. The summed E-state index contributed by atoms with van der Waals surface area (Å²) in [4.78, 5) is 27.7. The normalized spacial score (nSPS) is 11.6. The second-order valence-electron chi connectivity index (χ2n) is 5.32. The van der Waals surface area contributed by atoms with Gasteiger partial charge in [0.25, 0.3) is 0 Å². The van der Waals surface area contributed by atoms with Gasteiger partial charge in [-0.2, -0.15) is 0 Å². The lowest BCUT2D eigenvalue weighted by molar-refractivity contribution is 0.0543. The van der Waals surface area contributed by atoms with Crippen LogP contribution in [0.2, 0.25) is 0 Å². The lowest BCUT2D eigenvalue weighted by Gasteiger charge is -2.19. The van der Waals surface area contributed by atoms with E-state index in [0.717, 1.165) is 0 Å². The van der Waals surface area contributed by atoms with Crippen molar-refractivity contribution in [3.05, 3.63) is 30.1 Å². The molecule has 0 radical (unpaired) electrons. The number of ether oxygens (including phenoxy) is 1. The van der Waals surface area contributed by atoms with Crippen LogP contribution >= 0.6 is 0 Å². The molecule has 0 amide bonds. The van der Waals surface area contributed by atoms with Gasteiger partial charge in [-0.3, -0.25) is 4.79 Å². The maximum atomic E-state index is 12.0. The van der Waals surface area contributed by atoms with Crippen molar-refractivity contribution in [2.24, 2.45) is 0 Å². The van der Waals surface area contributed by atoms with Crippen molar-refractivity contribution < 1.29 is 14.3 Å². The fourth-order valence-corrected chi connectivity index (χ4v) is 1.80. The number of fused-ring (bicyclic) bond motifs is 1. The summed E-state index contributed by atoms with van der Waals surface area (Å²) >= 11 is 0. The Morgan fingerprint density at radius 2 is 1.95 bits per heavy atom. The Hall–Kier alpha value is -2.17.